The van der Waals surface area contributed by atoms with Gasteiger partial charge in [0.25, 0.3) is 0 Å². The Kier molecular flexibility index (Phi) is 5.69. The van der Waals surface area contributed by atoms with Gasteiger partial charge in [-0.3, -0.25) is 9.59 Å². The molecule has 0 spiro atoms. The van der Waals surface area contributed by atoms with Crippen molar-refractivity contribution in [3.8, 4) is 11.1 Å². The lowest BCUT2D eigenvalue weighted by molar-refractivity contribution is -0.139. The molecule has 0 radical (unpaired) electrons. The zero-order chi connectivity index (χ0) is 20.3. The van der Waals surface area contributed by atoms with Gasteiger partial charge in [-0.05, 0) is 54.3 Å². The first-order chi connectivity index (χ1) is 13.2. The Balaban J connectivity index is 1.57. The van der Waals surface area contributed by atoms with Crippen molar-refractivity contribution < 1.29 is 27.9 Å². The minimum absolute atomic E-state index is 0.0347. The number of alkyl halides is 3. The van der Waals surface area contributed by atoms with E-state index in [2.05, 4.69) is 10.6 Å². The van der Waals surface area contributed by atoms with E-state index < -0.39 is 23.8 Å². The predicted octanol–water partition coefficient (Wildman–Crippen LogP) is 3.76. The third-order valence-corrected chi connectivity index (χ3v) is 4.71. The van der Waals surface area contributed by atoms with E-state index >= 15 is 0 Å². The lowest BCUT2D eigenvalue weighted by Crippen LogP contribution is -2.29. The summed E-state index contributed by atoms with van der Waals surface area (Å²) in [7, 11) is 0. The van der Waals surface area contributed by atoms with E-state index in [0.29, 0.717) is 24.2 Å². The number of hydrogen-bond donors (Lipinski definition) is 3. The van der Waals surface area contributed by atoms with Crippen LogP contribution >= 0.6 is 0 Å². The molecule has 1 fully saturated rings. The third-order valence-electron chi connectivity index (χ3n) is 4.71. The molecular weight excluding hydrogens is 373 g/mol. The first-order valence-electron chi connectivity index (χ1n) is 8.76. The molecule has 0 saturated carbocycles. The number of rotatable bonds is 5. The van der Waals surface area contributed by atoms with Crippen LogP contribution in [0.2, 0.25) is 0 Å². The summed E-state index contributed by atoms with van der Waals surface area (Å²) >= 11 is 0. The number of anilines is 1. The van der Waals surface area contributed by atoms with Crippen molar-refractivity contribution in [2.24, 2.45) is 5.92 Å². The van der Waals surface area contributed by atoms with Gasteiger partial charge in [-0.15, -0.1) is 0 Å². The van der Waals surface area contributed by atoms with Crippen LogP contribution in [-0.4, -0.2) is 29.6 Å². The van der Waals surface area contributed by atoms with Crippen LogP contribution < -0.4 is 10.6 Å². The summed E-state index contributed by atoms with van der Waals surface area (Å²) in [6.07, 6.45) is -3.74. The Bertz CT molecular complexity index is 848. The second-order valence-corrected chi connectivity index (χ2v) is 6.81. The standard InChI is InChI=1S/C20H19F3N2O3/c21-20(22,23)15-5-1-13(2-6-15)14-3-7-16(8-4-14)25-18(26)10-12-9-17(19(27)28)24-11-12/h1-8,12,17,24H,9-11H2,(H,25,26)(H,27,28). The highest BCUT2D eigenvalue weighted by Gasteiger charge is 2.31. The molecule has 3 rings (SSSR count). The summed E-state index contributed by atoms with van der Waals surface area (Å²) in [5, 5.41) is 14.6. The van der Waals surface area contributed by atoms with Gasteiger partial charge >= 0.3 is 12.1 Å². The Hall–Kier alpha value is -2.87. The lowest BCUT2D eigenvalue weighted by Gasteiger charge is -2.11. The zero-order valence-corrected chi connectivity index (χ0v) is 14.8. The van der Waals surface area contributed by atoms with Gasteiger partial charge in [0, 0.05) is 12.1 Å². The number of nitrogens with one attached hydrogen (secondary N) is 2. The number of benzene rings is 2. The number of carboxylic acid groups (broad SMARTS) is 1. The quantitative estimate of drug-likeness (QED) is 0.724. The van der Waals surface area contributed by atoms with Gasteiger partial charge in [-0.2, -0.15) is 13.2 Å². The van der Waals surface area contributed by atoms with Crippen molar-refractivity contribution in [2.45, 2.75) is 25.1 Å². The van der Waals surface area contributed by atoms with Crippen molar-refractivity contribution in [3.63, 3.8) is 0 Å². The van der Waals surface area contributed by atoms with Gasteiger partial charge in [-0.25, -0.2) is 0 Å². The number of carbonyl (C=O) groups is 2. The topological polar surface area (TPSA) is 78.4 Å². The average molecular weight is 392 g/mol. The van der Waals surface area contributed by atoms with E-state index in [1.54, 1.807) is 24.3 Å². The van der Waals surface area contributed by atoms with Gasteiger partial charge < -0.3 is 15.7 Å². The summed E-state index contributed by atoms with van der Waals surface area (Å²) in [6, 6.07) is 11.1. The van der Waals surface area contributed by atoms with Crippen LogP contribution in [-0.2, 0) is 15.8 Å². The highest BCUT2D eigenvalue weighted by molar-refractivity contribution is 5.91. The normalized spacial score (nSPS) is 19.4. The van der Waals surface area contributed by atoms with Gasteiger partial charge in [0.2, 0.25) is 5.91 Å². The molecule has 0 bridgehead atoms. The van der Waals surface area contributed by atoms with Crippen LogP contribution in [0.15, 0.2) is 48.5 Å². The van der Waals surface area contributed by atoms with Gasteiger partial charge in [0.05, 0.1) is 5.56 Å². The monoisotopic (exact) mass is 392 g/mol. The van der Waals surface area contributed by atoms with E-state index in [4.69, 9.17) is 5.11 Å². The number of aliphatic carboxylic acids is 1. The number of halogens is 3. The van der Waals surface area contributed by atoms with Crippen LogP contribution in [0.1, 0.15) is 18.4 Å². The zero-order valence-electron chi connectivity index (χ0n) is 14.8. The van der Waals surface area contributed by atoms with Crippen LogP contribution in [0, 0.1) is 5.92 Å². The van der Waals surface area contributed by atoms with Gasteiger partial charge in [-0.1, -0.05) is 24.3 Å². The summed E-state index contributed by atoms with van der Waals surface area (Å²) < 4.78 is 37.9. The van der Waals surface area contributed by atoms with Crippen molar-refractivity contribution >= 4 is 17.6 Å². The smallest absolute Gasteiger partial charge is 0.416 e. The number of hydrogen-bond acceptors (Lipinski definition) is 3. The minimum Gasteiger partial charge on any atom is -0.480 e. The summed E-state index contributed by atoms with van der Waals surface area (Å²) in [5.41, 5.74) is 1.24. The molecule has 148 valence electrons. The second kappa shape index (κ2) is 8.02. The molecule has 3 N–H and O–H groups in total. The van der Waals surface area contributed by atoms with Crippen LogP contribution in [0.4, 0.5) is 18.9 Å². The van der Waals surface area contributed by atoms with Gasteiger partial charge in [0.1, 0.15) is 6.04 Å². The predicted molar refractivity (Wildman–Crippen MR) is 97.7 cm³/mol. The Morgan fingerprint density at radius 3 is 2.11 bits per heavy atom. The van der Waals surface area contributed by atoms with E-state index in [1.807, 2.05) is 0 Å². The average Bonchev–Trinajstić information content (AvgIpc) is 3.10. The van der Waals surface area contributed by atoms with E-state index in [-0.39, 0.29) is 18.2 Å². The highest BCUT2D eigenvalue weighted by Crippen LogP contribution is 2.31. The van der Waals surface area contributed by atoms with Crippen LogP contribution in [0.3, 0.4) is 0 Å². The lowest BCUT2D eigenvalue weighted by atomic mass is 10.0. The molecule has 5 nitrogen and oxygen atoms in total. The number of carbonyl (C=O) groups excluding carboxylic acids is 1. The summed E-state index contributed by atoms with van der Waals surface area (Å²) in [4.78, 5) is 23.1. The SMILES string of the molecule is O=C(CC1CNC(C(=O)O)C1)Nc1ccc(-c2ccc(C(F)(F)F)cc2)cc1. The molecule has 1 aliphatic heterocycles. The molecule has 1 saturated heterocycles. The van der Waals surface area contributed by atoms with Crippen molar-refractivity contribution in [2.75, 3.05) is 11.9 Å². The Labute approximate surface area is 159 Å². The fourth-order valence-corrected chi connectivity index (χ4v) is 3.22. The second-order valence-electron chi connectivity index (χ2n) is 6.81. The molecular formula is C20H19F3N2O3. The summed E-state index contributed by atoms with van der Waals surface area (Å²) in [5.74, 6) is -1.16. The molecule has 0 aliphatic carbocycles. The van der Waals surface area contributed by atoms with Crippen molar-refractivity contribution in [3.05, 3.63) is 54.1 Å². The first kappa shape index (κ1) is 19.9. The molecule has 0 aromatic heterocycles. The Morgan fingerprint density at radius 2 is 1.61 bits per heavy atom. The Morgan fingerprint density at radius 1 is 1.04 bits per heavy atom. The van der Waals surface area contributed by atoms with E-state index in [9.17, 15) is 22.8 Å². The molecule has 8 heteroatoms. The van der Waals surface area contributed by atoms with Crippen molar-refractivity contribution in [1.29, 1.82) is 0 Å². The van der Waals surface area contributed by atoms with Gasteiger partial charge in [0.15, 0.2) is 0 Å². The molecule has 1 aliphatic rings. The fourth-order valence-electron chi connectivity index (χ4n) is 3.22. The number of amides is 1. The van der Waals surface area contributed by atoms with E-state index in [1.165, 1.54) is 12.1 Å². The van der Waals surface area contributed by atoms with Crippen molar-refractivity contribution in [1.82, 2.24) is 5.32 Å². The first-order valence-corrected chi connectivity index (χ1v) is 8.76. The summed E-state index contributed by atoms with van der Waals surface area (Å²) in [6.45, 7) is 0.483. The van der Waals surface area contributed by atoms with E-state index in [0.717, 1.165) is 17.7 Å². The fraction of sp³-hybridized carbons (Fsp3) is 0.300. The highest BCUT2D eigenvalue weighted by atomic mass is 19.4. The minimum atomic E-state index is -4.37. The molecule has 28 heavy (non-hydrogen) atoms. The maximum atomic E-state index is 12.6. The van der Waals surface area contributed by atoms with Crippen LogP contribution in [0.5, 0.6) is 0 Å². The maximum Gasteiger partial charge on any atom is 0.416 e. The van der Waals surface area contributed by atoms with Crippen LogP contribution in [0.25, 0.3) is 11.1 Å². The molecule has 1 amide bonds. The maximum absolute atomic E-state index is 12.6. The third kappa shape index (κ3) is 4.89. The molecule has 2 unspecified atom stereocenters. The molecule has 2 aromatic carbocycles. The largest absolute Gasteiger partial charge is 0.480 e. The number of carboxylic acids is 1. The molecule has 2 atom stereocenters. The molecule has 2 aromatic rings. The molecule has 1 heterocycles.